The SMILES string of the molecule is O=C(N[C@@H]1CN2CCC1CC2)c1n[nH]c2c(OC(F)(F)F)cccc12. The molecular weight excluding hydrogens is 337 g/mol. The highest BCUT2D eigenvalue weighted by molar-refractivity contribution is 6.06. The Morgan fingerprint density at radius 1 is 1.32 bits per heavy atom. The van der Waals surface area contributed by atoms with Crippen LogP contribution in [0.1, 0.15) is 23.3 Å². The number of H-pyrrole nitrogens is 1. The van der Waals surface area contributed by atoms with E-state index in [1.54, 1.807) is 6.07 Å². The van der Waals surface area contributed by atoms with Crippen LogP contribution in [0.3, 0.4) is 0 Å². The fraction of sp³-hybridized carbons (Fsp3) is 0.500. The van der Waals surface area contributed by atoms with Gasteiger partial charge in [-0.05, 0) is 37.9 Å². The third kappa shape index (κ3) is 3.15. The van der Waals surface area contributed by atoms with Crippen LogP contribution < -0.4 is 10.1 Å². The maximum atomic E-state index is 12.6. The number of alkyl halides is 3. The number of amides is 1. The van der Waals surface area contributed by atoms with Crippen molar-refractivity contribution in [2.45, 2.75) is 25.2 Å². The maximum Gasteiger partial charge on any atom is 0.573 e. The van der Waals surface area contributed by atoms with Gasteiger partial charge in [0.1, 0.15) is 5.52 Å². The molecule has 0 radical (unpaired) electrons. The lowest BCUT2D eigenvalue weighted by Crippen LogP contribution is -2.57. The van der Waals surface area contributed by atoms with E-state index in [1.807, 2.05) is 0 Å². The van der Waals surface area contributed by atoms with E-state index in [2.05, 4.69) is 25.2 Å². The van der Waals surface area contributed by atoms with Crippen molar-refractivity contribution in [3.8, 4) is 5.75 Å². The zero-order valence-electron chi connectivity index (χ0n) is 13.3. The predicted octanol–water partition coefficient (Wildman–Crippen LogP) is 2.29. The molecule has 25 heavy (non-hydrogen) atoms. The van der Waals surface area contributed by atoms with Gasteiger partial charge in [0.25, 0.3) is 5.91 Å². The molecule has 0 aliphatic carbocycles. The van der Waals surface area contributed by atoms with Crippen LogP contribution in [0.5, 0.6) is 5.75 Å². The summed E-state index contributed by atoms with van der Waals surface area (Å²) in [7, 11) is 0. The second kappa shape index (κ2) is 5.91. The zero-order valence-corrected chi connectivity index (χ0v) is 13.3. The molecule has 3 saturated heterocycles. The largest absolute Gasteiger partial charge is 0.573 e. The molecule has 1 aromatic carbocycles. The van der Waals surface area contributed by atoms with E-state index in [1.165, 1.54) is 12.1 Å². The van der Waals surface area contributed by atoms with Crippen LogP contribution in [-0.4, -0.2) is 53.0 Å². The number of rotatable bonds is 3. The summed E-state index contributed by atoms with van der Waals surface area (Å²) in [6.45, 7) is 2.92. The molecule has 0 spiro atoms. The van der Waals surface area contributed by atoms with E-state index in [-0.39, 0.29) is 23.2 Å². The number of carbonyl (C=O) groups is 1. The minimum atomic E-state index is -4.81. The summed E-state index contributed by atoms with van der Waals surface area (Å²) in [5.74, 6) is -0.336. The Balaban J connectivity index is 1.57. The number of fused-ring (bicyclic) bond motifs is 4. The monoisotopic (exact) mass is 354 g/mol. The van der Waals surface area contributed by atoms with E-state index in [0.717, 1.165) is 32.5 Å². The van der Waals surface area contributed by atoms with Gasteiger partial charge in [0, 0.05) is 18.0 Å². The summed E-state index contributed by atoms with van der Waals surface area (Å²) >= 11 is 0. The first kappa shape index (κ1) is 16.2. The molecule has 0 saturated carbocycles. The van der Waals surface area contributed by atoms with Crippen LogP contribution in [0.4, 0.5) is 13.2 Å². The Bertz CT molecular complexity index is 796. The molecule has 1 atom stereocenters. The lowest BCUT2D eigenvalue weighted by molar-refractivity contribution is -0.274. The second-order valence-corrected chi connectivity index (χ2v) is 6.52. The first-order valence-corrected chi connectivity index (χ1v) is 8.17. The van der Waals surface area contributed by atoms with Crippen molar-refractivity contribution in [1.29, 1.82) is 0 Å². The molecule has 1 amide bonds. The predicted molar refractivity (Wildman–Crippen MR) is 83.2 cm³/mol. The highest BCUT2D eigenvalue weighted by atomic mass is 19.4. The standard InChI is InChI=1S/C16H17F3N4O2/c17-16(18,19)25-12-3-1-2-10-13(12)21-22-14(10)15(24)20-11-8-23-6-4-9(11)5-7-23/h1-3,9,11H,4-8H2,(H,20,24)(H,21,22)/t11-/m1/s1. The van der Waals surface area contributed by atoms with Crippen LogP contribution in [-0.2, 0) is 0 Å². The van der Waals surface area contributed by atoms with Crippen molar-refractivity contribution in [2.24, 2.45) is 5.92 Å². The van der Waals surface area contributed by atoms with Crippen LogP contribution in [0.25, 0.3) is 10.9 Å². The summed E-state index contributed by atoms with van der Waals surface area (Å²) in [5, 5.41) is 9.69. The number of carbonyl (C=O) groups excluding carboxylic acids is 1. The fourth-order valence-electron chi connectivity index (χ4n) is 3.76. The number of benzene rings is 1. The number of halogens is 3. The Labute approximate surface area is 141 Å². The van der Waals surface area contributed by atoms with Crippen molar-refractivity contribution >= 4 is 16.8 Å². The number of ether oxygens (including phenoxy) is 1. The first-order valence-electron chi connectivity index (χ1n) is 8.17. The van der Waals surface area contributed by atoms with Crippen molar-refractivity contribution in [3.05, 3.63) is 23.9 Å². The molecule has 3 fully saturated rings. The minimum absolute atomic E-state index is 0.0522. The average Bonchev–Trinajstić information content (AvgIpc) is 3.00. The van der Waals surface area contributed by atoms with Gasteiger partial charge < -0.3 is 15.0 Å². The molecule has 0 unspecified atom stereocenters. The topological polar surface area (TPSA) is 70.2 Å². The molecule has 3 aliphatic heterocycles. The van der Waals surface area contributed by atoms with Gasteiger partial charge in [0.05, 0.1) is 0 Å². The van der Waals surface area contributed by atoms with Crippen molar-refractivity contribution in [3.63, 3.8) is 0 Å². The highest BCUT2D eigenvalue weighted by Crippen LogP contribution is 2.31. The molecule has 2 N–H and O–H groups in total. The van der Waals surface area contributed by atoms with Crippen LogP contribution in [0, 0.1) is 5.92 Å². The normalized spacial score (nSPS) is 26.0. The maximum absolute atomic E-state index is 12.6. The van der Waals surface area contributed by atoms with Gasteiger partial charge in [0.2, 0.25) is 0 Å². The summed E-state index contributed by atoms with van der Waals surface area (Å²) in [4.78, 5) is 14.9. The van der Waals surface area contributed by atoms with E-state index in [0.29, 0.717) is 11.3 Å². The molecule has 1 aromatic heterocycles. The summed E-state index contributed by atoms with van der Waals surface area (Å²) in [6, 6.07) is 4.19. The molecule has 2 bridgehead atoms. The Morgan fingerprint density at radius 2 is 2.08 bits per heavy atom. The van der Waals surface area contributed by atoms with Crippen LogP contribution >= 0.6 is 0 Å². The number of hydrogen-bond donors (Lipinski definition) is 2. The third-order valence-electron chi connectivity index (χ3n) is 4.97. The van der Waals surface area contributed by atoms with Gasteiger partial charge in [-0.2, -0.15) is 5.10 Å². The number of piperidine rings is 3. The summed E-state index contributed by atoms with van der Waals surface area (Å²) in [5.41, 5.74) is 0.137. The molecule has 6 nitrogen and oxygen atoms in total. The summed E-state index contributed by atoms with van der Waals surface area (Å²) < 4.78 is 41.5. The van der Waals surface area contributed by atoms with Gasteiger partial charge in [-0.15, -0.1) is 13.2 Å². The van der Waals surface area contributed by atoms with E-state index in [4.69, 9.17) is 0 Å². The van der Waals surface area contributed by atoms with Crippen LogP contribution in [0.15, 0.2) is 18.2 Å². The van der Waals surface area contributed by atoms with Crippen molar-refractivity contribution < 1.29 is 22.7 Å². The lowest BCUT2D eigenvalue weighted by Gasteiger charge is -2.44. The molecule has 2 aromatic rings. The second-order valence-electron chi connectivity index (χ2n) is 6.52. The molecule has 4 heterocycles. The highest BCUT2D eigenvalue weighted by Gasteiger charge is 2.36. The molecule has 134 valence electrons. The van der Waals surface area contributed by atoms with Crippen LogP contribution in [0.2, 0.25) is 0 Å². The van der Waals surface area contributed by atoms with Gasteiger partial charge >= 0.3 is 6.36 Å². The van der Waals surface area contributed by atoms with E-state index >= 15 is 0 Å². The molecule has 3 aliphatic rings. The van der Waals surface area contributed by atoms with Gasteiger partial charge in [0.15, 0.2) is 11.4 Å². The van der Waals surface area contributed by atoms with Crippen molar-refractivity contribution in [1.82, 2.24) is 20.4 Å². The van der Waals surface area contributed by atoms with Gasteiger partial charge in [-0.3, -0.25) is 9.89 Å². The lowest BCUT2D eigenvalue weighted by atomic mass is 9.84. The number of nitrogens with one attached hydrogen (secondary N) is 2. The Morgan fingerprint density at radius 3 is 2.72 bits per heavy atom. The fourth-order valence-corrected chi connectivity index (χ4v) is 3.76. The molecule has 5 rings (SSSR count). The van der Waals surface area contributed by atoms with E-state index in [9.17, 15) is 18.0 Å². The van der Waals surface area contributed by atoms with Gasteiger partial charge in [-0.1, -0.05) is 12.1 Å². The number of aromatic amines is 1. The number of aromatic nitrogens is 2. The Kier molecular flexibility index (Phi) is 3.82. The number of nitrogens with zero attached hydrogens (tertiary/aromatic N) is 2. The number of hydrogen-bond acceptors (Lipinski definition) is 4. The smallest absolute Gasteiger partial charge is 0.403 e. The third-order valence-corrected chi connectivity index (χ3v) is 4.97. The van der Waals surface area contributed by atoms with Crippen molar-refractivity contribution in [2.75, 3.05) is 19.6 Å². The quantitative estimate of drug-likeness (QED) is 0.887. The molecule has 9 heteroatoms. The Hall–Kier alpha value is -2.29. The summed E-state index contributed by atoms with van der Waals surface area (Å²) in [6.07, 6.45) is -2.71. The van der Waals surface area contributed by atoms with Gasteiger partial charge in [-0.25, -0.2) is 0 Å². The zero-order chi connectivity index (χ0) is 17.6. The first-order chi connectivity index (χ1) is 11.9. The minimum Gasteiger partial charge on any atom is -0.403 e. The van der Waals surface area contributed by atoms with E-state index < -0.39 is 12.1 Å². The number of para-hydroxylation sites is 1. The average molecular weight is 354 g/mol. The molecular formula is C16H17F3N4O2.